The fourth-order valence-corrected chi connectivity index (χ4v) is 4.75. The Hall–Kier alpha value is -3.13. The van der Waals surface area contributed by atoms with E-state index in [0.717, 1.165) is 45.4 Å². The number of pyridine rings is 1. The number of ether oxygens (including phenoxy) is 1. The van der Waals surface area contributed by atoms with Gasteiger partial charge in [0.15, 0.2) is 0 Å². The van der Waals surface area contributed by atoms with Gasteiger partial charge in [-0.15, -0.1) is 0 Å². The largest absolute Gasteiger partial charge is 0.376 e. The minimum absolute atomic E-state index is 0.0314. The second-order valence-electron chi connectivity index (χ2n) is 8.56. The summed E-state index contributed by atoms with van der Waals surface area (Å²) < 4.78 is 5.71. The first-order valence-electron chi connectivity index (χ1n) is 11.5. The Balaban J connectivity index is 1.24. The number of aryl methyl sites for hydroxylation is 1. The lowest BCUT2D eigenvalue weighted by atomic mass is 10.0. The topological polar surface area (TPSA) is 86.8 Å². The molecule has 0 bridgehead atoms. The molecule has 168 valence electrons. The molecule has 1 fully saturated rings. The van der Waals surface area contributed by atoms with Gasteiger partial charge in [0.25, 0.3) is 5.91 Å². The number of nitrogens with one attached hydrogen (secondary N) is 2. The summed E-state index contributed by atoms with van der Waals surface area (Å²) >= 11 is 0. The van der Waals surface area contributed by atoms with Crippen molar-refractivity contribution in [1.82, 2.24) is 10.3 Å². The van der Waals surface area contributed by atoms with Crippen LogP contribution in [0.5, 0.6) is 0 Å². The number of nitrogens with zero attached hydrogens (tertiary/aromatic N) is 3. The van der Waals surface area contributed by atoms with Crippen molar-refractivity contribution in [1.29, 1.82) is 0 Å². The van der Waals surface area contributed by atoms with Gasteiger partial charge in [0.2, 0.25) is 5.91 Å². The quantitative estimate of drug-likeness (QED) is 0.724. The molecule has 1 atom stereocenters. The Morgan fingerprint density at radius 2 is 2.16 bits per heavy atom. The monoisotopic (exact) mass is 435 g/mol. The molecule has 1 aromatic carbocycles. The third-order valence-electron chi connectivity index (χ3n) is 6.41. The maximum atomic E-state index is 12.8. The Kier molecular flexibility index (Phi) is 5.94. The second kappa shape index (κ2) is 9.16. The smallest absolute Gasteiger partial charge is 0.252 e. The van der Waals surface area contributed by atoms with Gasteiger partial charge in [-0.25, -0.2) is 4.98 Å². The van der Waals surface area contributed by atoms with Crippen molar-refractivity contribution in [2.24, 2.45) is 0 Å². The van der Waals surface area contributed by atoms with Crippen molar-refractivity contribution in [3.63, 3.8) is 0 Å². The lowest BCUT2D eigenvalue weighted by Gasteiger charge is -2.31. The van der Waals surface area contributed by atoms with E-state index in [-0.39, 0.29) is 24.5 Å². The lowest BCUT2D eigenvalue weighted by molar-refractivity contribution is -0.117. The predicted octanol–water partition coefficient (Wildman–Crippen LogP) is 2.20. The zero-order valence-electron chi connectivity index (χ0n) is 18.2. The summed E-state index contributed by atoms with van der Waals surface area (Å²) in [4.78, 5) is 33.8. The Morgan fingerprint density at radius 3 is 3.03 bits per heavy atom. The second-order valence-corrected chi connectivity index (χ2v) is 8.56. The molecule has 4 heterocycles. The predicted molar refractivity (Wildman–Crippen MR) is 123 cm³/mol. The van der Waals surface area contributed by atoms with Crippen LogP contribution in [0.15, 0.2) is 36.5 Å². The molecule has 0 radical (unpaired) electrons. The standard InChI is InChI=1S/C24H29N5O3/c30-22-15-27-23-21(29(22)16-19-7-4-12-32-19)13-18(14-26-23)24(31)25-9-11-28-10-3-6-17-5-1-2-8-20(17)28/h1-2,5,8,13-14,19H,3-4,6-7,9-12,15-16H2,(H,25,31)(H,26,27). The van der Waals surface area contributed by atoms with Crippen molar-refractivity contribution < 1.29 is 14.3 Å². The van der Waals surface area contributed by atoms with E-state index >= 15 is 0 Å². The van der Waals surface area contributed by atoms with Crippen LogP contribution in [0.1, 0.15) is 35.2 Å². The van der Waals surface area contributed by atoms with E-state index in [1.54, 1.807) is 17.2 Å². The summed E-state index contributed by atoms with van der Waals surface area (Å²) in [5.41, 5.74) is 3.73. The van der Waals surface area contributed by atoms with Crippen LogP contribution in [0.3, 0.4) is 0 Å². The molecule has 3 aliphatic rings. The number of carbonyl (C=O) groups is 2. The number of amides is 2. The van der Waals surface area contributed by atoms with E-state index in [1.807, 2.05) is 0 Å². The highest BCUT2D eigenvalue weighted by atomic mass is 16.5. The van der Waals surface area contributed by atoms with E-state index < -0.39 is 0 Å². The van der Waals surface area contributed by atoms with Crippen molar-refractivity contribution in [3.8, 4) is 0 Å². The fourth-order valence-electron chi connectivity index (χ4n) is 4.75. The fraction of sp³-hybridized carbons (Fsp3) is 0.458. The highest BCUT2D eigenvalue weighted by molar-refractivity contribution is 6.04. The van der Waals surface area contributed by atoms with Gasteiger partial charge in [0.05, 0.1) is 30.4 Å². The number of anilines is 3. The van der Waals surface area contributed by atoms with Gasteiger partial charge in [-0.05, 0) is 43.4 Å². The molecule has 2 aromatic rings. The number of fused-ring (bicyclic) bond motifs is 2. The SMILES string of the molecule is O=C(NCCN1CCCc2ccccc21)c1cnc2c(c1)N(CC1CCCO1)C(=O)CN2. The minimum atomic E-state index is -0.180. The number of hydrogen-bond acceptors (Lipinski definition) is 6. The van der Waals surface area contributed by atoms with Crippen molar-refractivity contribution in [2.75, 3.05) is 54.4 Å². The van der Waals surface area contributed by atoms with Gasteiger partial charge < -0.3 is 25.2 Å². The third kappa shape index (κ3) is 4.27. The van der Waals surface area contributed by atoms with Gasteiger partial charge in [-0.1, -0.05) is 18.2 Å². The summed E-state index contributed by atoms with van der Waals surface area (Å²) in [7, 11) is 0. The average Bonchev–Trinajstić information content (AvgIpc) is 3.34. The zero-order valence-corrected chi connectivity index (χ0v) is 18.2. The molecule has 0 spiro atoms. The van der Waals surface area contributed by atoms with Crippen molar-refractivity contribution in [3.05, 3.63) is 47.7 Å². The maximum Gasteiger partial charge on any atom is 0.252 e. The van der Waals surface area contributed by atoms with Crippen LogP contribution in [0.2, 0.25) is 0 Å². The zero-order chi connectivity index (χ0) is 21.9. The van der Waals surface area contributed by atoms with E-state index in [1.165, 1.54) is 11.3 Å². The maximum absolute atomic E-state index is 12.8. The molecule has 3 aliphatic heterocycles. The molecular formula is C24H29N5O3. The van der Waals surface area contributed by atoms with Crippen LogP contribution in [0.25, 0.3) is 0 Å². The number of benzene rings is 1. The Morgan fingerprint density at radius 1 is 1.25 bits per heavy atom. The summed E-state index contributed by atoms with van der Waals surface area (Å²) in [5, 5.41) is 6.06. The van der Waals surface area contributed by atoms with E-state index in [9.17, 15) is 9.59 Å². The van der Waals surface area contributed by atoms with Crippen LogP contribution >= 0.6 is 0 Å². The molecular weight excluding hydrogens is 406 g/mol. The number of hydrogen-bond donors (Lipinski definition) is 2. The van der Waals surface area contributed by atoms with Crippen LogP contribution in [-0.2, 0) is 16.0 Å². The molecule has 0 saturated carbocycles. The number of aromatic nitrogens is 1. The first-order valence-corrected chi connectivity index (χ1v) is 11.5. The van der Waals surface area contributed by atoms with Crippen LogP contribution in [-0.4, -0.2) is 62.2 Å². The number of carbonyl (C=O) groups excluding carboxylic acids is 2. The van der Waals surface area contributed by atoms with Crippen LogP contribution in [0.4, 0.5) is 17.2 Å². The molecule has 1 saturated heterocycles. The van der Waals surface area contributed by atoms with Crippen LogP contribution < -0.4 is 20.4 Å². The van der Waals surface area contributed by atoms with Gasteiger partial charge in [-0.2, -0.15) is 0 Å². The van der Waals surface area contributed by atoms with Crippen molar-refractivity contribution in [2.45, 2.75) is 31.8 Å². The van der Waals surface area contributed by atoms with Crippen molar-refractivity contribution >= 4 is 29.0 Å². The highest BCUT2D eigenvalue weighted by Gasteiger charge is 2.29. The summed E-state index contributed by atoms with van der Waals surface area (Å²) in [6.45, 7) is 3.73. The first-order chi connectivity index (χ1) is 15.7. The lowest BCUT2D eigenvalue weighted by Crippen LogP contribution is -2.44. The van der Waals surface area contributed by atoms with Gasteiger partial charge in [-0.3, -0.25) is 9.59 Å². The Bertz CT molecular complexity index is 1000. The van der Waals surface area contributed by atoms with Gasteiger partial charge in [0.1, 0.15) is 5.82 Å². The average molecular weight is 436 g/mol. The summed E-state index contributed by atoms with van der Waals surface area (Å²) in [6, 6.07) is 10.2. The third-order valence-corrected chi connectivity index (χ3v) is 6.41. The van der Waals surface area contributed by atoms with E-state index in [2.05, 4.69) is 44.8 Å². The van der Waals surface area contributed by atoms with Gasteiger partial charge in [0, 0.05) is 38.1 Å². The minimum Gasteiger partial charge on any atom is -0.376 e. The molecule has 1 aromatic heterocycles. The van der Waals surface area contributed by atoms with Crippen LogP contribution in [0, 0.1) is 0 Å². The molecule has 8 nitrogen and oxygen atoms in total. The highest BCUT2D eigenvalue weighted by Crippen LogP contribution is 2.30. The van der Waals surface area contributed by atoms with E-state index in [0.29, 0.717) is 30.2 Å². The molecule has 5 rings (SSSR count). The normalized spacial score (nSPS) is 19.9. The summed E-state index contributed by atoms with van der Waals surface area (Å²) in [6.07, 6.45) is 5.79. The molecule has 0 aliphatic carbocycles. The molecule has 2 N–H and O–H groups in total. The Labute approximate surface area is 187 Å². The molecule has 1 unspecified atom stereocenters. The molecule has 2 amide bonds. The first kappa shape index (κ1) is 20.8. The molecule has 32 heavy (non-hydrogen) atoms. The number of rotatable bonds is 6. The number of para-hydroxylation sites is 1. The molecule has 8 heteroatoms. The van der Waals surface area contributed by atoms with Gasteiger partial charge >= 0.3 is 0 Å². The summed E-state index contributed by atoms with van der Waals surface area (Å²) in [5.74, 6) is 0.417. The van der Waals surface area contributed by atoms with E-state index in [4.69, 9.17) is 4.74 Å².